The number of amides is 2. The number of benzene rings is 4. The number of methoxy groups -OCH3 is 2. The van der Waals surface area contributed by atoms with Gasteiger partial charge in [0.15, 0.2) is 11.5 Å². The number of anilines is 1. The average Bonchev–Trinajstić information content (AvgIpc) is 3.39. The van der Waals surface area contributed by atoms with Crippen LogP contribution in [-0.4, -0.2) is 44.4 Å². The number of nitrogens with zero attached hydrogens (tertiary/aromatic N) is 1. The summed E-state index contributed by atoms with van der Waals surface area (Å²) in [6.07, 6.45) is 1.45. The normalized spacial score (nSPS) is 16.1. The fraction of sp³-hybridized carbons (Fsp3) is 0.257. The second-order valence-corrected chi connectivity index (χ2v) is 11.7. The van der Waals surface area contributed by atoms with Crippen molar-refractivity contribution in [2.75, 3.05) is 32.2 Å². The van der Waals surface area contributed by atoms with E-state index in [0.717, 1.165) is 35.4 Å². The van der Waals surface area contributed by atoms with Crippen LogP contribution in [0.2, 0.25) is 0 Å². The Labute approximate surface area is 262 Å². The predicted octanol–water partition coefficient (Wildman–Crippen LogP) is 5.75. The number of nitrogens with two attached hydrogens (primary N) is 1. The van der Waals surface area contributed by atoms with Gasteiger partial charge in [0.1, 0.15) is 17.7 Å². The highest BCUT2D eigenvalue weighted by molar-refractivity contribution is 8.01. The van der Waals surface area contributed by atoms with Crippen molar-refractivity contribution in [1.82, 2.24) is 5.32 Å². The highest BCUT2D eigenvalue weighted by atomic mass is 32.2. The summed E-state index contributed by atoms with van der Waals surface area (Å²) in [5.41, 5.74) is 9.73. The summed E-state index contributed by atoms with van der Waals surface area (Å²) < 4.78 is 16.7. The van der Waals surface area contributed by atoms with Crippen LogP contribution in [0, 0.1) is 0 Å². The molecule has 0 radical (unpaired) electrons. The third kappa shape index (κ3) is 7.35. The summed E-state index contributed by atoms with van der Waals surface area (Å²) in [4.78, 5) is 27.9. The van der Waals surface area contributed by atoms with Gasteiger partial charge in [-0.1, -0.05) is 60.7 Å². The number of primary amides is 1. The smallest absolute Gasteiger partial charge is 0.250 e. The Morgan fingerprint density at radius 2 is 1.59 bits per heavy atom. The summed E-state index contributed by atoms with van der Waals surface area (Å²) in [7, 11) is 3.25. The fourth-order valence-corrected chi connectivity index (χ4v) is 6.65. The van der Waals surface area contributed by atoms with Crippen molar-refractivity contribution in [2.45, 2.75) is 30.1 Å². The molecule has 0 spiro atoms. The molecule has 2 atom stereocenters. The number of carbonyl (C=O) groups excluding carboxylic acids is 2. The molecule has 44 heavy (non-hydrogen) atoms. The molecule has 8 nitrogen and oxygen atoms in total. The van der Waals surface area contributed by atoms with Gasteiger partial charge < -0.3 is 25.3 Å². The van der Waals surface area contributed by atoms with Crippen LogP contribution in [0.5, 0.6) is 17.2 Å². The molecule has 0 aliphatic carbocycles. The number of ether oxygens (including phenoxy) is 3. The molecular weight excluding hydrogens is 574 g/mol. The molecule has 1 fully saturated rings. The molecule has 0 bridgehead atoms. The van der Waals surface area contributed by atoms with Gasteiger partial charge in [-0.15, -0.1) is 11.8 Å². The molecule has 9 heteroatoms. The van der Waals surface area contributed by atoms with Gasteiger partial charge in [-0.3, -0.25) is 14.5 Å². The van der Waals surface area contributed by atoms with Crippen molar-refractivity contribution in [2.24, 2.45) is 5.73 Å². The minimum Gasteiger partial charge on any atom is -0.493 e. The Morgan fingerprint density at radius 3 is 2.32 bits per heavy atom. The number of rotatable bonds is 14. The standard InChI is InChI=1S/C35H37N3O5S/c1-41-30-17-12-24(22-31(30)42-2)18-20-37-21-19-32-34(40)38(29-11-7-6-10-28(29)33(36)39)35(44-32)26-13-15-27(16-14-26)43-23-25-8-4-3-5-9-25/h3-17,22,32,35,37H,18-21,23H2,1-2H3,(H2,36,39). The predicted molar refractivity (Wildman–Crippen MR) is 175 cm³/mol. The SMILES string of the molecule is COc1ccc(CCNCCC2SC(c3ccc(OCc4ccccc4)cc3)N(c3ccccc3C(N)=O)C2=O)cc1OC. The molecule has 0 aromatic heterocycles. The topological polar surface area (TPSA) is 103 Å². The molecular formula is C35H37N3O5S. The molecule has 4 aromatic carbocycles. The fourth-order valence-electron chi connectivity index (χ4n) is 5.20. The first-order valence-corrected chi connectivity index (χ1v) is 15.5. The Morgan fingerprint density at radius 1 is 0.864 bits per heavy atom. The zero-order valence-corrected chi connectivity index (χ0v) is 25.7. The Bertz CT molecular complexity index is 1560. The van der Waals surface area contributed by atoms with Gasteiger partial charge in [-0.2, -0.15) is 0 Å². The van der Waals surface area contributed by atoms with Crippen molar-refractivity contribution in [3.8, 4) is 17.2 Å². The van der Waals surface area contributed by atoms with Gasteiger partial charge >= 0.3 is 0 Å². The zero-order chi connectivity index (χ0) is 30.9. The maximum absolute atomic E-state index is 13.9. The van der Waals surface area contributed by atoms with Crippen molar-refractivity contribution in [3.05, 3.63) is 119 Å². The van der Waals surface area contributed by atoms with Gasteiger partial charge in [0.05, 0.1) is 30.7 Å². The van der Waals surface area contributed by atoms with Crippen LogP contribution >= 0.6 is 11.8 Å². The van der Waals surface area contributed by atoms with E-state index in [-0.39, 0.29) is 16.5 Å². The molecule has 1 heterocycles. The third-order valence-corrected chi connectivity index (χ3v) is 9.01. The lowest BCUT2D eigenvalue weighted by Crippen LogP contribution is -2.34. The minimum atomic E-state index is -0.568. The molecule has 5 rings (SSSR count). The lowest BCUT2D eigenvalue weighted by molar-refractivity contribution is -0.117. The van der Waals surface area contributed by atoms with Gasteiger partial charge in [-0.25, -0.2) is 0 Å². The second-order valence-electron chi connectivity index (χ2n) is 10.4. The van der Waals surface area contributed by atoms with Crippen LogP contribution in [-0.2, 0) is 17.8 Å². The molecule has 2 unspecified atom stereocenters. The molecule has 0 saturated carbocycles. The van der Waals surface area contributed by atoms with E-state index in [0.29, 0.717) is 42.3 Å². The maximum atomic E-state index is 13.9. The summed E-state index contributed by atoms with van der Waals surface area (Å²) in [5, 5.41) is 2.87. The molecule has 2 amide bonds. The zero-order valence-electron chi connectivity index (χ0n) is 24.9. The number of carbonyl (C=O) groups is 2. The molecule has 1 aliphatic heterocycles. The third-order valence-electron chi connectivity index (χ3n) is 7.50. The van der Waals surface area contributed by atoms with Crippen LogP contribution in [0.15, 0.2) is 97.1 Å². The highest BCUT2D eigenvalue weighted by Gasteiger charge is 2.42. The lowest BCUT2D eigenvalue weighted by Gasteiger charge is -2.26. The molecule has 1 saturated heterocycles. The Kier molecular flexibility index (Phi) is 10.4. The van der Waals surface area contributed by atoms with E-state index in [1.807, 2.05) is 78.9 Å². The quantitative estimate of drug-likeness (QED) is 0.175. The number of hydrogen-bond acceptors (Lipinski definition) is 7. The van der Waals surface area contributed by atoms with Crippen molar-refractivity contribution < 1.29 is 23.8 Å². The average molecular weight is 612 g/mol. The van der Waals surface area contributed by atoms with Gasteiger partial charge in [0, 0.05) is 0 Å². The van der Waals surface area contributed by atoms with Crippen LogP contribution in [0.4, 0.5) is 5.69 Å². The summed E-state index contributed by atoms with van der Waals surface area (Å²) in [6, 6.07) is 30.7. The Hall–Kier alpha value is -4.47. The first kappa shape index (κ1) is 31.0. The molecule has 1 aliphatic rings. The van der Waals surface area contributed by atoms with Crippen LogP contribution in [0.3, 0.4) is 0 Å². The van der Waals surface area contributed by atoms with E-state index >= 15 is 0 Å². The van der Waals surface area contributed by atoms with E-state index < -0.39 is 5.91 Å². The van der Waals surface area contributed by atoms with Crippen LogP contribution in [0.25, 0.3) is 0 Å². The van der Waals surface area contributed by atoms with Gasteiger partial charge in [-0.05, 0) is 79.0 Å². The van der Waals surface area contributed by atoms with Crippen molar-refractivity contribution >= 4 is 29.3 Å². The van der Waals surface area contributed by atoms with E-state index in [9.17, 15) is 9.59 Å². The van der Waals surface area contributed by atoms with Crippen LogP contribution in [0.1, 0.15) is 38.8 Å². The van der Waals surface area contributed by atoms with Gasteiger partial charge in [0.25, 0.3) is 5.91 Å². The number of hydrogen-bond donors (Lipinski definition) is 2. The number of para-hydroxylation sites is 1. The van der Waals surface area contributed by atoms with Crippen molar-refractivity contribution in [3.63, 3.8) is 0 Å². The summed E-state index contributed by atoms with van der Waals surface area (Å²) in [6.45, 7) is 1.89. The summed E-state index contributed by atoms with van der Waals surface area (Å²) in [5.74, 6) is 1.54. The minimum absolute atomic E-state index is 0.0419. The van der Waals surface area contributed by atoms with E-state index in [1.54, 1.807) is 49.1 Å². The van der Waals surface area contributed by atoms with E-state index in [4.69, 9.17) is 19.9 Å². The van der Waals surface area contributed by atoms with Gasteiger partial charge in [0.2, 0.25) is 5.91 Å². The first-order valence-electron chi connectivity index (χ1n) is 14.5. The lowest BCUT2D eigenvalue weighted by atomic mass is 10.1. The second kappa shape index (κ2) is 14.8. The number of thioether (sulfide) groups is 1. The monoisotopic (exact) mass is 611 g/mol. The molecule has 3 N–H and O–H groups in total. The Balaban J connectivity index is 1.26. The molecule has 228 valence electrons. The number of nitrogens with one attached hydrogen (secondary N) is 1. The van der Waals surface area contributed by atoms with Crippen LogP contribution < -0.4 is 30.2 Å². The van der Waals surface area contributed by atoms with Crippen molar-refractivity contribution in [1.29, 1.82) is 0 Å². The van der Waals surface area contributed by atoms with E-state index in [2.05, 4.69) is 5.32 Å². The molecule has 4 aromatic rings. The van der Waals surface area contributed by atoms with E-state index in [1.165, 1.54) is 0 Å². The highest BCUT2D eigenvalue weighted by Crippen LogP contribution is 2.47. The maximum Gasteiger partial charge on any atom is 0.250 e. The largest absolute Gasteiger partial charge is 0.493 e. The summed E-state index contributed by atoms with van der Waals surface area (Å²) >= 11 is 1.59. The first-order chi connectivity index (χ1) is 21.5.